The van der Waals surface area contributed by atoms with Crippen molar-refractivity contribution in [2.24, 2.45) is 5.92 Å². The molecule has 2 N–H and O–H groups in total. The first-order valence-corrected chi connectivity index (χ1v) is 9.33. The Labute approximate surface area is 128 Å². The van der Waals surface area contributed by atoms with Crippen LogP contribution in [-0.4, -0.2) is 27.5 Å². The number of hydrogen-bond donors (Lipinski definition) is 2. The van der Waals surface area contributed by atoms with Gasteiger partial charge in [0.05, 0.1) is 4.90 Å². The van der Waals surface area contributed by atoms with E-state index in [2.05, 4.69) is 17.0 Å². The van der Waals surface area contributed by atoms with Gasteiger partial charge >= 0.3 is 0 Å². The monoisotopic (exact) mass is 310 g/mol. The van der Waals surface area contributed by atoms with Crippen molar-refractivity contribution in [3.05, 3.63) is 29.8 Å². The molecule has 5 heteroatoms. The van der Waals surface area contributed by atoms with Crippen molar-refractivity contribution in [2.45, 2.75) is 50.5 Å². The maximum absolute atomic E-state index is 12.3. The topological polar surface area (TPSA) is 58.2 Å². The number of hydrogen-bond acceptors (Lipinski definition) is 3. The van der Waals surface area contributed by atoms with Gasteiger partial charge in [0, 0.05) is 6.04 Å². The predicted molar refractivity (Wildman–Crippen MR) is 85.8 cm³/mol. The van der Waals surface area contributed by atoms with Crippen molar-refractivity contribution in [2.75, 3.05) is 13.1 Å². The Morgan fingerprint density at radius 1 is 1.19 bits per heavy atom. The lowest BCUT2D eigenvalue weighted by Gasteiger charge is -2.13. The molecule has 21 heavy (non-hydrogen) atoms. The minimum absolute atomic E-state index is 0.0351. The van der Waals surface area contributed by atoms with Gasteiger partial charge in [0.2, 0.25) is 10.0 Å². The van der Waals surface area contributed by atoms with Crippen LogP contribution in [0.2, 0.25) is 0 Å². The van der Waals surface area contributed by atoms with E-state index in [4.69, 9.17) is 0 Å². The van der Waals surface area contributed by atoms with Gasteiger partial charge in [-0.05, 0) is 69.3 Å². The summed E-state index contributed by atoms with van der Waals surface area (Å²) in [6, 6.07) is 7.26. The average molecular weight is 310 g/mol. The molecule has 1 aromatic carbocycles. The third-order valence-electron chi connectivity index (χ3n) is 3.92. The van der Waals surface area contributed by atoms with E-state index in [1.165, 1.54) is 0 Å². The second-order valence-electron chi connectivity index (χ2n) is 5.89. The summed E-state index contributed by atoms with van der Waals surface area (Å²) in [5, 5.41) is 3.34. The normalized spacial score (nSPS) is 16.9. The van der Waals surface area contributed by atoms with Crippen molar-refractivity contribution in [3.8, 4) is 0 Å². The fourth-order valence-corrected chi connectivity index (χ4v) is 3.69. The maximum Gasteiger partial charge on any atom is 0.240 e. The van der Waals surface area contributed by atoms with Gasteiger partial charge in [0.1, 0.15) is 0 Å². The third kappa shape index (κ3) is 5.09. The van der Waals surface area contributed by atoms with E-state index >= 15 is 0 Å². The van der Waals surface area contributed by atoms with Crippen LogP contribution in [0, 0.1) is 5.92 Å². The van der Waals surface area contributed by atoms with Gasteiger partial charge in [-0.1, -0.05) is 19.1 Å². The van der Waals surface area contributed by atoms with Gasteiger partial charge < -0.3 is 5.32 Å². The Bertz CT molecular complexity index is 536. The highest BCUT2D eigenvalue weighted by Crippen LogP contribution is 2.33. The summed E-state index contributed by atoms with van der Waals surface area (Å²) >= 11 is 0. The quantitative estimate of drug-likeness (QED) is 0.688. The third-order valence-corrected chi connectivity index (χ3v) is 5.50. The summed E-state index contributed by atoms with van der Waals surface area (Å²) in [6.07, 6.45) is 4.31. The molecular weight excluding hydrogens is 284 g/mol. The zero-order valence-electron chi connectivity index (χ0n) is 12.9. The Morgan fingerprint density at radius 3 is 2.43 bits per heavy atom. The summed E-state index contributed by atoms with van der Waals surface area (Å²) in [6.45, 7) is 6.04. The maximum atomic E-state index is 12.3. The molecule has 1 saturated carbocycles. The molecule has 2 rings (SSSR count). The van der Waals surface area contributed by atoms with E-state index < -0.39 is 10.0 Å². The Kier molecular flexibility index (Phi) is 5.79. The first-order valence-electron chi connectivity index (χ1n) is 7.85. The molecule has 0 aromatic heterocycles. The van der Waals surface area contributed by atoms with Crippen LogP contribution in [-0.2, 0) is 16.4 Å². The molecule has 0 bridgehead atoms. The summed E-state index contributed by atoms with van der Waals surface area (Å²) in [4.78, 5) is 0.361. The van der Waals surface area contributed by atoms with E-state index in [0.29, 0.717) is 10.8 Å². The van der Waals surface area contributed by atoms with Gasteiger partial charge in [-0.3, -0.25) is 0 Å². The molecule has 1 fully saturated rings. The number of rotatable bonds is 9. The number of sulfonamides is 1. The minimum Gasteiger partial charge on any atom is -0.316 e. The van der Waals surface area contributed by atoms with Crippen molar-refractivity contribution >= 4 is 10.0 Å². The van der Waals surface area contributed by atoms with Crippen molar-refractivity contribution < 1.29 is 8.42 Å². The molecule has 1 aliphatic carbocycles. The van der Waals surface area contributed by atoms with Crippen molar-refractivity contribution in [1.82, 2.24) is 10.0 Å². The molecule has 0 heterocycles. The SMILES string of the molecule is CCCNCCc1ccc(S(=O)(=O)NC(C)C2CC2)cc1. The Morgan fingerprint density at radius 2 is 1.86 bits per heavy atom. The lowest BCUT2D eigenvalue weighted by molar-refractivity contribution is 0.538. The van der Waals surface area contributed by atoms with E-state index in [-0.39, 0.29) is 6.04 Å². The molecule has 1 unspecified atom stereocenters. The molecule has 1 atom stereocenters. The van der Waals surface area contributed by atoms with E-state index in [1.54, 1.807) is 12.1 Å². The summed E-state index contributed by atoms with van der Waals surface area (Å²) < 4.78 is 27.3. The molecule has 1 aromatic rings. The predicted octanol–water partition coefficient (Wildman–Crippen LogP) is 2.31. The van der Waals surface area contributed by atoms with E-state index in [0.717, 1.165) is 44.3 Å². The molecule has 118 valence electrons. The van der Waals surface area contributed by atoms with Crippen LogP contribution in [0.1, 0.15) is 38.7 Å². The molecule has 0 aliphatic heterocycles. The fourth-order valence-electron chi connectivity index (χ4n) is 2.37. The van der Waals surface area contributed by atoms with Gasteiger partial charge in [0.25, 0.3) is 0 Å². The van der Waals surface area contributed by atoms with Gasteiger partial charge in [-0.2, -0.15) is 0 Å². The Balaban J connectivity index is 1.90. The van der Waals surface area contributed by atoms with E-state index in [1.807, 2.05) is 19.1 Å². The van der Waals surface area contributed by atoms with Gasteiger partial charge in [-0.15, -0.1) is 0 Å². The molecule has 0 amide bonds. The van der Waals surface area contributed by atoms with Gasteiger partial charge in [-0.25, -0.2) is 13.1 Å². The van der Waals surface area contributed by atoms with Crippen LogP contribution in [0.25, 0.3) is 0 Å². The van der Waals surface area contributed by atoms with Crippen LogP contribution in [0.3, 0.4) is 0 Å². The highest BCUT2D eigenvalue weighted by Gasteiger charge is 2.31. The second kappa shape index (κ2) is 7.38. The van der Waals surface area contributed by atoms with Crippen LogP contribution >= 0.6 is 0 Å². The van der Waals surface area contributed by atoms with Crippen molar-refractivity contribution in [1.29, 1.82) is 0 Å². The summed E-state index contributed by atoms with van der Waals surface area (Å²) in [5.74, 6) is 0.517. The van der Waals surface area contributed by atoms with E-state index in [9.17, 15) is 8.42 Å². The van der Waals surface area contributed by atoms with Crippen LogP contribution < -0.4 is 10.0 Å². The minimum atomic E-state index is -3.38. The van der Waals surface area contributed by atoms with Crippen LogP contribution in [0.4, 0.5) is 0 Å². The average Bonchev–Trinajstić information content (AvgIpc) is 3.28. The van der Waals surface area contributed by atoms with Gasteiger partial charge in [0.15, 0.2) is 0 Å². The number of benzene rings is 1. The zero-order chi connectivity index (χ0) is 15.3. The second-order valence-corrected chi connectivity index (χ2v) is 7.61. The van der Waals surface area contributed by atoms with Crippen molar-refractivity contribution in [3.63, 3.8) is 0 Å². The Hall–Kier alpha value is -0.910. The molecular formula is C16H26N2O2S. The van der Waals surface area contributed by atoms with Crippen LogP contribution in [0.15, 0.2) is 29.2 Å². The standard InChI is InChI=1S/C16H26N2O2S/c1-3-11-17-12-10-14-4-8-16(9-5-14)21(19,20)18-13(2)15-6-7-15/h4-5,8-9,13,15,17-18H,3,6-7,10-12H2,1-2H3. The highest BCUT2D eigenvalue weighted by molar-refractivity contribution is 7.89. The number of nitrogens with one attached hydrogen (secondary N) is 2. The van der Waals surface area contributed by atoms with Crippen LogP contribution in [0.5, 0.6) is 0 Å². The molecule has 0 spiro atoms. The highest BCUT2D eigenvalue weighted by atomic mass is 32.2. The molecule has 0 saturated heterocycles. The summed E-state index contributed by atoms with van der Waals surface area (Å²) in [5.41, 5.74) is 1.16. The fraction of sp³-hybridized carbons (Fsp3) is 0.625. The largest absolute Gasteiger partial charge is 0.316 e. The molecule has 1 aliphatic rings. The smallest absolute Gasteiger partial charge is 0.240 e. The molecule has 0 radical (unpaired) electrons. The summed E-state index contributed by atoms with van der Waals surface area (Å²) in [7, 11) is -3.38. The first-order chi connectivity index (χ1) is 10.0. The zero-order valence-corrected chi connectivity index (χ0v) is 13.7. The lowest BCUT2D eigenvalue weighted by Crippen LogP contribution is -2.34. The first kappa shape index (κ1) is 16.5. The molecule has 4 nitrogen and oxygen atoms in total. The lowest BCUT2D eigenvalue weighted by atomic mass is 10.1.